The number of guanidine groups is 1. The molecule has 1 aromatic carbocycles. The number of aryl methyl sites for hydroxylation is 1. The molecule has 0 bridgehead atoms. The molecule has 5 nitrogen and oxygen atoms in total. The van der Waals surface area contributed by atoms with Crippen LogP contribution < -0.4 is 15.4 Å². The van der Waals surface area contributed by atoms with E-state index in [-0.39, 0.29) is 28.7 Å². The standard InChI is InChI=1S/C18H29N3O2S.HI/c1-14-5-6-15(16(11-14)22-3)12-20-17(19-2)21-13-18(24-4)7-9-23-10-8-18;/h5-6,11H,7-10,12-13H2,1-4H3,(H2,19,20,21);1H. The van der Waals surface area contributed by atoms with Crippen LogP contribution in [-0.2, 0) is 11.3 Å². The first kappa shape index (κ1) is 22.4. The lowest BCUT2D eigenvalue weighted by Crippen LogP contribution is -2.47. The Hall–Kier alpha value is -0.670. The fraction of sp³-hybridized carbons (Fsp3) is 0.611. The summed E-state index contributed by atoms with van der Waals surface area (Å²) in [6.45, 7) is 5.32. The number of aliphatic imine (C=N–C) groups is 1. The maximum absolute atomic E-state index is 5.50. The Balaban J connectivity index is 0.00000312. The Morgan fingerprint density at radius 2 is 2.04 bits per heavy atom. The highest BCUT2D eigenvalue weighted by Gasteiger charge is 2.31. The molecular formula is C18H30IN3O2S. The van der Waals surface area contributed by atoms with Gasteiger partial charge in [0.25, 0.3) is 0 Å². The monoisotopic (exact) mass is 479 g/mol. The van der Waals surface area contributed by atoms with Crippen molar-refractivity contribution in [2.75, 3.05) is 40.2 Å². The van der Waals surface area contributed by atoms with Gasteiger partial charge in [-0.25, -0.2) is 0 Å². The first-order valence-corrected chi connectivity index (χ1v) is 9.56. The quantitative estimate of drug-likeness (QED) is 0.373. The van der Waals surface area contributed by atoms with E-state index in [1.54, 1.807) is 14.2 Å². The lowest BCUT2D eigenvalue weighted by atomic mass is 9.99. The van der Waals surface area contributed by atoms with Crippen LogP contribution in [-0.4, -0.2) is 50.9 Å². The van der Waals surface area contributed by atoms with E-state index in [1.165, 1.54) is 5.56 Å². The summed E-state index contributed by atoms with van der Waals surface area (Å²) in [5.41, 5.74) is 2.32. The molecule has 0 aliphatic carbocycles. The van der Waals surface area contributed by atoms with Gasteiger partial charge in [0.1, 0.15) is 5.75 Å². The van der Waals surface area contributed by atoms with Crippen molar-refractivity contribution < 1.29 is 9.47 Å². The number of thioether (sulfide) groups is 1. The van der Waals surface area contributed by atoms with E-state index in [9.17, 15) is 0 Å². The van der Waals surface area contributed by atoms with Crippen molar-refractivity contribution in [2.45, 2.75) is 31.1 Å². The maximum Gasteiger partial charge on any atom is 0.191 e. The summed E-state index contributed by atoms with van der Waals surface area (Å²) in [4.78, 5) is 4.34. The van der Waals surface area contributed by atoms with E-state index in [4.69, 9.17) is 9.47 Å². The molecule has 0 radical (unpaired) electrons. The normalized spacial score (nSPS) is 16.7. The lowest BCUT2D eigenvalue weighted by molar-refractivity contribution is 0.0783. The number of nitrogens with zero attached hydrogens (tertiary/aromatic N) is 1. The second-order valence-corrected chi connectivity index (χ2v) is 7.37. The van der Waals surface area contributed by atoms with Crippen molar-refractivity contribution in [1.29, 1.82) is 0 Å². The maximum atomic E-state index is 5.50. The molecule has 1 heterocycles. The smallest absolute Gasteiger partial charge is 0.191 e. The summed E-state index contributed by atoms with van der Waals surface area (Å²) in [7, 11) is 3.51. The molecule has 2 N–H and O–H groups in total. The summed E-state index contributed by atoms with van der Waals surface area (Å²) in [6.07, 6.45) is 4.33. The van der Waals surface area contributed by atoms with Gasteiger partial charge >= 0.3 is 0 Å². The molecule has 0 spiro atoms. The van der Waals surface area contributed by atoms with Gasteiger partial charge in [-0.15, -0.1) is 24.0 Å². The largest absolute Gasteiger partial charge is 0.496 e. The fourth-order valence-corrected chi connectivity index (χ4v) is 3.63. The minimum atomic E-state index is 0. The Labute approximate surface area is 172 Å². The molecule has 1 saturated heterocycles. The second-order valence-electron chi connectivity index (χ2n) is 6.09. The summed E-state index contributed by atoms with van der Waals surface area (Å²) in [6, 6.07) is 6.24. The van der Waals surface area contributed by atoms with Gasteiger partial charge in [0.2, 0.25) is 0 Å². The Morgan fingerprint density at radius 1 is 1.32 bits per heavy atom. The minimum absolute atomic E-state index is 0. The molecular weight excluding hydrogens is 449 g/mol. The highest BCUT2D eigenvalue weighted by atomic mass is 127. The summed E-state index contributed by atoms with van der Waals surface area (Å²) in [5.74, 6) is 1.72. The topological polar surface area (TPSA) is 54.9 Å². The molecule has 142 valence electrons. The van der Waals surface area contributed by atoms with Crippen LogP contribution in [0.15, 0.2) is 23.2 Å². The molecule has 0 amide bonds. The SMILES string of the molecule is CN=C(NCc1ccc(C)cc1OC)NCC1(SC)CCOCC1.I. The van der Waals surface area contributed by atoms with Gasteiger partial charge in [0.15, 0.2) is 5.96 Å². The van der Waals surface area contributed by atoms with Crippen LogP contribution in [0.3, 0.4) is 0 Å². The summed E-state index contributed by atoms with van der Waals surface area (Å²) in [5, 5.41) is 6.85. The first-order valence-electron chi connectivity index (χ1n) is 8.33. The van der Waals surface area contributed by atoms with Crippen LogP contribution in [0.1, 0.15) is 24.0 Å². The molecule has 0 unspecified atom stereocenters. The molecule has 0 aromatic heterocycles. The second kappa shape index (κ2) is 11.1. The third kappa shape index (κ3) is 6.53. The first-order chi connectivity index (χ1) is 11.6. The number of hydrogen-bond acceptors (Lipinski definition) is 4. The van der Waals surface area contributed by atoms with E-state index < -0.39 is 0 Å². The molecule has 1 aliphatic heterocycles. The molecule has 0 atom stereocenters. The van der Waals surface area contributed by atoms with Crippen LogP contribution >= 0.6 is 35.7 Å². The third-order valence-electron chi connectivity index (χ3n) is 4.53. The Bertz CT molecular complexity index is 563. The van der Waals surface area contributed by atoms with Crippen molar-refractivity contribution in [2.24, 2.45) is 4.99 Å². The van der Waals surface area contributed by atoms with Gasteiger partial charge in [0, 0.05) is 43.7 Å². The Morgan fingerprint density at radius 3 is 2.64 bits per heavy atom. The summed E-state index contributed by atoms with van der Waals surface area (Å²) < 4.78 is 11.2. The van der Waals surface area contributed by atoms with Crippen LogP contribution in [0, 0.1) is 6.92 Å². The van der Waals surface area contributed by atoms with Gasteiger partial charge in [-0.1, -0.05) is 12.1 Å². The van der Waals surface area contributed by atoms with E-state index >= 15 is 0 Å². The molecule has 1 fully saturated rings. The number of hydrogen-bond donors (Lipinski definition) is 2. The van der Waals surface area contributed by atoms with Crippen molar-refractivity contribution in [1.82, 2.24) is 10.6 Å². The van der Waals surface area contributed by atoms with E-state index in [2.05, 4.69) is 47.0 Å². The summed E-state index contributed by atoms with van der Waals surface area (Å²) >= 11 is 1.92. The van der Waals surface area contributed by atoms with Crippen LogP contribution in [0.4, 0.5) is 0 Å². The van der Waals surface area contributed by atoms with Crippen LogP contribution in [0.5, 0.6) is 5.75 Å². The number of methoxy groups -OCH3 is 1. The number of benzene rings is 1. The molecule has 25 heavy (non-hydrogen) atoms. The van der Waals surface area contributed by atoms with Crippen LogP contribution in [0.25, 0.3) is 0 Å². The van der Waals surface area contributed by atoms with Crippen LogP contribution in [0.2, 0.25) is 0 Å². The van der Waals surface area contributed by atoms with Gasteiger partial charge in [-0.05, 0) is 37.7 Å². The zero-order valence-electron chi connectivity index (χ0n) is 15.6. The number of nitrogens with one attached hydrogen (secondary N) is 2. The predicted octanol–water partition coefficient (Wildman–Crippen LogP) is 3.20. The van der Waals surface area contributed by atoms with Crippen molar-refractivity contribution in [3.63, 3.8) is 0 Å². The number of halogens is 1. The van der Waals surface area contributed by atoms with Crippen molar-refractivity contribution in [3.05, 3.63) is 29.3 Å². The number of ether oxygens (including phenoxy) is 2. The molecule has 2 rings (SSSR count). The zero-order valence-corrected chi connectivity index (χ0v) is 18.7. The highest BCUT2D eigenvalue weighted by Crippen LogP contribution is 2.32. The lowest BCUT2D eigenvalue weighted by Gasteiger charge is -2.36. The Kier molecular flexibility index (Phi) is 9.96. The molecule has 0 saturated carbocycles. The zero-order chi connectivity index (χ0) is 17.4. The molecule has 1 aliphatic rings. The van der Waals surface area contributed by atoms with Crippen molar-refractivity contribution in [3.8, 4) is 5.75 Å². The van der Waals surface area contributed by atoms with E-state index in [1.807, 2.05) is 11.8 Å². The van der Waals surface area contributed by atoms with Gasteiger partial charge < -0.3 is 20.1 Å². The number of rotatable bonds is 6. The fourth-order valence-electron chi connectivity index (χ4n) is 2.84. The van der Waals surface area contributed by atoms with Gasteiger partial charge in [-0.3, -0.25) is 4.99 Å². The molecule has 1 aromatic rings. The minimum Gasteiger partial charge on any atom is -0.496 e. The van der Waals surface area contributed by atoms with E-state index in [0.29, 0.717) is 6.54 Å². The van der Waals surface area contributed by atoms with Crippen molar-refractivity contribution >= 4 is 41.7 Å². The van der Waals surface area contributed by atoms with E-state index in [0.717, 1.165) is 49.9 Å². The van der Waals surface area contributed by atoms with Gasteiger partial charge in [-0.2, -0.15) is 11.8 Å². The average Bonchev–Trinajstić information content (AvgIpc) is 2.63. The predicted molar refractivity (Wildman–Crippen MR) is 118 cm³/mol. The highest BCUT2D eigenvalue weighted by molar-refractivity contribution is 14.0. The van der Waals surface area contributed by atoms with Gasteiger partial charge in [0.05, 0.1) is 7.11 Å². The molecule has 7 heteroatoms. The third-order valence-corrected chi connectivity index (χ3v) is 5.95. The average molecular weight is 479 g/mol.